The van der Waals surface area contributed by atoms with Crippen LogP contribution in [0.15, 0.2) is 65.1 Å². The van der Waals surface area contributed by atoms with Crippen LogP contribution in [-0.2, 0) is 6.42 Å². The quantitative estimate of drug-likeness (QED) is 0.583. The summed E-state index contributed by atoms with van der Waals surface area (Å²) in [5.74, 6) is 1.00. The van der Waals surface area contributed by atoms with Crippen molar-refractivity contribution in [3.8, 4) is 0 Å². The Morgan fingerprint density at radius 2 is 1.68 bits per heavy atom. The van der Waals surface area contributed by atoms with E-state index in [0.29, 0.717) is 0 Å². The topological polar surface area (TPSA) is 13.1 Å². The first-order valence-corrected chi connectivity index (χ1v) is 6.93. The maximum atomic E-state index is 6.41. The van der Waals surface area contributed by atoms with Gasteiger partial charge in [0.25, 0.3) is 0 Å². The van der Waals surface area contributed by atoms with Crippen LogP contribution in [0.4, 0.5) is 0 Å². The Morgan fingerprint density at radius 1 is 0.947 bits per heavy atom. The van der Waals surface area contributed by atoms with Crippen molar-refractivity contribution in [2.45, 2.75) is 18.2 Å². The van der Waals surface area contributed by atoms with Crippen molar-refractivity contribution >= 4 is 22.6 Å². The van der Waals surface area contributed by atoms with Crippen molar-refractivity contribution in [1.82, 2.24) is 0 Å². The van der Waals surface area contributed by atoms with Gasteiger partial charge in [-0.25, -0.2) is 0 Å². The van der Waals surface area contributed by atoms with Crippen LogP contribution in [0.1, 0.15) is 23.1 Å². The molecule has 19 heavy (non-hydrogen) atoms. The Balaban J connectivity index is 1.69. The van der Waals surface area contributed by atoms with Gasteiger partial charge in [-0.2, -0.15) is 0 Å². The normalized spacial score (nSPS) is 12.7. The zero-order chi connectivity index (χ0) is 13.1. The second-order valence-electron chi connectivity index (χ2n) is 4.67. The lowest BCUT2D eigenvalue weighted by Gasteiger charge is -2.08. The lowest BCUT2D eigenvalue weighted by atomic mass is 10.1. The van der Waals surface area contributed by atoms with Gasteiger partial charge < -0.3 is 4.42 Å². The first-order chi connectivity index (χ1) is 9.33. The lowest BCUT2D eigenvalue weighted by molar-refractivity contribution is 0.536. The summed E-state index contributed by atoms with van der Waals surface area (Å²) in [5.41, 5.74) is 2.11. The van der Waals surface area contributed by atoms with E-state index < -0.39 is 0 Å². The van der Waals surface area contributed by atoms with Crippen LogP contribution in [0, 0.1) is 0 Å². The van der Waals surface area contributed by atoms with Gasteiger partial charge in [-0.05, 0) is 24.1 Å². The average Bonchev–Trinajstić information content (AvgIpc) is 2.88. The largest absolute Gasteiger partial charge is 0.461 e. The van der Waals surface area contributed by atoms with Crippen molar-refractivity contribution in [2.24, 2.45) is 0 Å². The number of alkyl halides is 1. The Bertz CT molecular complexity index is 624. The minimum Gasteiger partial charge on any atom is -0.461 e. The number of fused-ring (bicyclic) bond motifs is 1. The molecular formula is C17H15ClO. The number of aryl methyl sites for hydroxylation is 1. The van der Waals surface area contributed by atoms with E-state index in [1.165, 1.54) is 5.56 Å². The smallest absolute Gasteiger partial charge is 0.134 e. The SMILES string of the molecule is ClC(CCc1cc2ccccc2o1)c1ccccc1. The molecule has 3 aromatic rings. The Labute approximate surface area is 117 Å². The molecule has 1 heterocycles. The molecule has 0 saturated heterocycles. The van der Waals surface area contributed by atoms with Gasteiger partial charge in [-0.3, -0.25) is 0 Å². The number of para-hydroxylation sites is 1. The third-order valence-electron chi connectivity index (χ3n) is 3.28. The molecule has 0 aliphatic rings. The van der Waals surface area contributed by atoms with Gasteiger partial charge >= 0.3 is 0 Å². The molecule has 0 aliphatic heterocycles. The summed E-state index contributed by atoms with van der Waals surface area (Å²) in [6.07, 6.45) is 1.74. The molecule has 0 aliphatic carbocycles. The van der Waals surface area contributed by atoms with E-state index in [2.05, 4.69) is 24.3 Å². The maximum absolute atomic E-state index is 6.41. The van der Waals surface area contributed by atoms with Gasteiger partial charge in [-0.1, -0.05) is 48.5 Å². The standard InChI is InChI=1S/C17H15ClO/c18-16(13-6-2-1-3-7-13)11-10-15-12-14-8-4-5-9-17(14)19-15/h1-9,12,16H,10-11H2. The van der Waals surface area contributed by atoms with Gasteiger partial charge in [0.2, 0.25) is 0 Å². The molecular weight excluding hydrogens is 256 g/mol. The summed E-state index contributed by atoms with van der Waals surface area (Å²) in [7, 11) is 0. The highest BCUT2D eigenvalue weighted by Gasteiger charge is 2.09. The van der Waals surface area contributed by atoms with Crippen LogP contribution in [-0.4, -0.2) is 0 Å². The van der Waals surface area contributed by atoms with Crippen molar-refractivity contribution in [1.29, 1.82) is 0 Å². The fourth-order valence-corrected chi connectivity index (χ4v) is 2.51. The molecule has 0 bridgehead atoms. The summed E-state index contributed by atoms with van der Waals surface area (Å²) in [5, 5.41) is 1.19. The number of benzene rings is 2. The summed E-state index contributed by atoms with van der Waals surface area (Å²) < 4.78 is 5.80. The van der Waals surface area contributed by atoms with Crippen molar-refractivity contribution in [2.75, 3.05) is 0 Å². The minimum absolute atomic E-state index is 0.0365. The average molecular weight is 271 g/mol. The molecule has 1 unspecified atom stereocenters. The number of furan rings is 1. The van der Waals surface area contributed by atoms with Crippen LogP contribution in [0.5, 0.6) is 0 Å². The summed E-state index contributed by atoms with van der Waals surface area (Å²) in [6.45, 7) is 0. The highest BCUT2D eigenvalue weighted by atomic mass is 35.5. The van der Waals surface area contributed by atoms with Crippen LogP contribution in [0.3, 0.4) is 0 Å². The second-order valence-corrected chi connectivity index (χ2v) is 5.19. The minimum atomic E-state index is 0.0365. The molecule has 1 aromatic heterocycles. The van der Waals surface area contributed by atoms with Crippen molar-refractivity contribution < 1.29 is 4.42 Å². The predicted octanol–water partition coefficient (Wildman–Crippen LogP) is 5.35. The van der Waals surface area contributed by atoms with E-state index in [4.69, 9.17) is 16.0 Å². The Kier molecular flexibility index (Phi) is 3.56. The molecule has 1 nitrogen and oxygen atoms in total. The molecule has 2 heteroatoms. The zero-order valence-electron chi connectivity index (χ0n) is 10.6. The van der Waals surface area contributed by atoms with Crippen molar-refractivity contribution in [3.63, 3.8) is 0 Å². The predicted molar refractivity (Wildman–Crippen MR) is 79.6 cm³/mol. The molecule has 96 valence electrons. The van der Waals surface area contributed by atoms with Crippen molar-refractivity contribution in [3.05, 3.63) is 72.0 Å². The van der Waals surface area contributed by atoms with E-state index in [1.54, 1.807) is 0 Å². The van der Waals surface area contributed by atoms with Crippen LogP contribution < -0.4 is 0 Å². The third kappa shape index (κ3) is 2.82. The van der Waals surface area contributed by atoms with E-state index in [9.17, 15) is 0 Å². The second kappa shape index (κ2) is 5.50. The summed E-state index contributed by atoms with van der Waals surface area (Å²) in [6, 6.07) is 20.4. The van der Waals surface area contributed by atoms with Gasteiger partial charge in [0.1, 0.15) is 11.3 Å². The summed E-state index contributed by atoms with van der Waals surface area (Å²) >= 11 is 6.41. The number of halogens is 1. The van der Waals surface area contributed by atoms with Gasteiger partial charge in [0.05, 0.1) is 5.38 Å². The first-order valence-electron chi connectivity index (χ1n) is 6.49. The molecule has 0 spiro atoms. The lowest BCUT2D eigenvalue weighted by Crippen LogP contribution is -1.92. The molecule has 0 saturated carbocycles. The molecule has 0 N–H and O–H groups in total. The highest BCUT2D eigenvalue weighted by molar-refractivity contribution is 6.20. The van der Waals surface area contributed by atoms with Gasteiger partial charge in [0.15, 0.2) is 0 Å². The van der Waals surface area contributed by atoms with E-state index >= 15 is 0 Å². The molecule has 3 rings (SSSR count). The van der Waals surface area contributed by atoms with Gasteiger partial charge in [-0.15, -0.1) is 11.6 Å². The molecule has 1 atom stereocenters. The van der Waals surface area contributed by atoms with Gasteiger partial charge in [0, 0.05) is 11.8 Å². The fourth-order valence-electron chi connectivity index (χ4n) is 2.26. The molecule has 0 radical (unpaired) electrons. The first kappa shape index (κ1) is 12.3. The Morgan fingerprint density at radius 3 is 2.47 bits per heavy atom. The number of hydrogen-bond acceptors (Lipinski definition) is 1. The highest BCUT2D eigenvalue weighted by Crippen LogP contribution is 2.27. The zero-order valence-corrected chi connectivity index (χ0v) is 11.3. The van der Waals surface area contributed by atoms with E-state index in [0.717, 1.165) is 29.6 Å². The molecule has 0 amide bonds. The monoisotopic (exact) mass is 270 g/mol. The number of hydrogen-bond donors (Lipinski definition) is 0. The van der Waals surface area contributed by atoms with Crippen LogP contribution in [0.25, 0.3) is 11.0 Å². The molecule has 0 fully saturated rings. The fraction of sp³-hybridized carbons (Fsp3) is 0.176. The third-order valence-corrected chi connectivity index (χ3v) is 3.75. The van der Waals surface area contributed by atoms with E-state index in [1.807, 2.05) is 36.4 Å². The Hall–Kier alpha value is -1.73. The number of rotatable bonds is 4. The van der Waals surface area contributed by atoms with Crippen LogP contribution in [0.2, 0.25) is 0 Å². The molecule has 2 aromatic carbocycles. The summed E-state index contributed by atoms with van der Waals surface area (Å²) in [4.78, 5) is 0. The van der Waals surface area contributed by atoms with E-state index in [-0.39, 0.29) is 5.38 Å². The van der Waals surface area contributed by atoms with Crippen LogP contribution >= 0.6 is 11.6 Å². The maximum Gasteiger partial charge on any atom is 0.134 e.